The number of esters is 1. The zero-order chi connectivity index (χ0) is 11.8. The molecule has 0 spiro atoms. The summed E-state index contributed by atoms with van der Waals surface area (Å²) in [5.74, 6) is 1.54. The third-order valence-corrected chi connectivity index (χ3v) is 2.40. The molecule has 0 aliphatic rings. The SMILES string of the molecule is O=C(OCC#CI)C(CO)c1ccccc1. The molecule has 1 aromatic rings. The molecule has 0 aromatic heterocycles. The highest BCUT2D eigenvalue weighted by molar-refractivity contribution is 14.1. The van der Waals surface area contributed by atoms with Crippen LogP contribution in [-0.4, -0.2) is 24.3 Å². The molecule has 0 fully saturated rings. The van der Waals surface area contributed by atoms with Gasteiger partial charge in [0.2, 0.25) is 0 Å². The number of carbonyl (C=O) groups is 1. The lowest BCUT2D eigenvalue weighted by molar-refractivity contribution is -0.145. The molecular formula is C12H11IO3. The van der Waals surface area contributed by atoms with E-state index in [9.17, 15) is 4.79 Å². The minimum Gasteiger partial charge on any atom is -0.452 e. The molecule has 0 heterocycles. The standard InChI is InChI=1S/C12H11IO3/c13-7-4-8-16-12(15)11(9-14)10-5-2-1-3-6-10/h1-3,5-6,11,14H,8-9H2. The highest BCUT2D eigenvalue weighted by Crippen LogP contribution is 2.16. The minimum absolute atomic E-state index is 0.0606. The maximum absolute atomic E-state index is 11.6. The first-order chi connectivity index (χ1) is 7.79. The maximum atomic E-state index is 11.6. The van der Waals surface area contributed by atoms with Crippen LogP contribution in [0.4, 0.5) is 0 Å². The van der Waals surface area contributed by atoms with Crippen LogP contribution in [-0.2, 0) is 9.53 Å². The highest BCUT2D eigenvalue weighted by Gasteiger charge is 2.20. The van der Waals surface area contributed by atoms with Crippen LogP contribution in [0.3, 0.4) is 0 Å². The summed E-state index contributed by atoms with van der Waals surface area (Å²) in [6.45, 7) is -0.203. The molecule has 1 aromatic carbocycles. The Hall–Kier alpha value is -1.06. The topological polar surface area (TPSA) is 46.5 Å². The van der Waals surface area contributed by atoms with E-state index in [1.54, 1.807) is 12.1 Å². The van der Waals surface area contributed by atoms with Crippen LogP contribution in [0.1, 0.15) is 11.5 Å². The van der Waals surface area contributed by atoms with Gasteiger partial charge in [-0.2, -0.15) is 0 Å². The predicted octanol–water partition coefficient (Wildman–Crippen LogP) is 1.70. The van der Waals surface area contributed by atoms with Gasteiger partial charge in [0.15, 0.2) is 6.61 Å². The van der Waals surface area contributed by atoms with Crippen molar-refractivity contribution in [3.05, 3.63) is 35.9 Å². The molecule has 0 amide bonds. The number of aliphatic hydroxyl groups excluding tert-OH is 1. The number of benzene rings is 1. The number of hydrogen-bond donors (Lipinski definition) is 1. The fraction of sp³-hybridized carbons (Fsp3) is 0.250. The Morgan fingerprint density at radius 1 is 1.44 bits per heavy atom. The van der Waals surface area contributed by atoms with Crippen LogP contribution in [0.15, 0.2) is 30.3 Å². The Morgan fingerprint density at radius 2 is 2.12 bits per heavy atom. The van der Waals surface area contributed by atoms with Crippen LogP contribution in [0.25, 0.3) is 0 Å². The van der Waals surface area contributed by atoms with E-state index in [4.69, 9.17) is 9.84 Å². The molecule has 1 N–H and O–H groups in total. The summed E-state index contributed by atoms with van der Waals surface area (Å²) in [7, 11) is 0. The molecule has 0 aliphatic heterocycles. The van der Waals surface area contributed by atoms with E-state index < -0.39 is 11.9 Å². The van der Waals surface area contributed by atoms with Crippen molar-refractivity contribution in [2.24, 2.45) is 0 Å². The molecule has 0 saturated heterocycles. The van der Waals surface area contributed by atoms with Crippen molar-refractivity contribution >= 4 is 28.6 Å². The first-order valence-electron chi connectivity index (χ1n) is 4.70. The van der Waals surface area contributed by atoms with Crippen LogP contribution >= 0.6 is 22.6 Å². The number of halogens is 1. The molecule has 1 atom stereocenters. The van der Waals surface area contributed by atoms with Gasteiger partial charge in [0, 0.05) is 22.6 Å². The summed E-state index contributed by atoms with van der Waals surface area (Å²) in [5.41, 5.74) is 0.748. The highest BCUT2D eigenvalue weighted by atomic mass is 127. The van der Waals surface area contributed by atoms with Crippen LogP contribution in [0, 0.1) is 9.85 Å². The van der Waals surface area contributed by atoms with Gasteiger partial charge in [-0.1, -0.05) is 36.3 Å². The lowest BCUT2D eigenvalue weighted by Crippen LogP contribution is -2.19. The summed E-state index contributed by atoms with van der Waals surface area (Å²) < 4.78 is 7.51. The van der Waals surface area contributed by atoms with Gasteiger partial charge in [0.25, 0.3) is 0 Å². The van der Waals surface area contributed by atoms with Gasteiger partial charge in [-0.15, -0.1) is 0 Å². The van der Waals surface area contributed by atoms with E-state index >= 15 is 0 Å². The second-order valence-corrected chi connectivity index (χ2v) is 3.56. The molecule has 16 heavy (non-hydrogen) atoms. The van der Waals surface area contributed by atoms with Gasteiger partial charge < -0.3 is 9.84 Å². The van der Waals surface area contributed by atoms with Gasteiger partial charge in [-0.05, 0) is 9.49 Å². The third-order valence-electron chi connectivity index (χ3n) is 2.02. The van der Waals surface area contributed by atoms with Crippen LogP contribution in [0.2, 0.25) is 0 Å². The number of carbonyl (C=O) groups excluding carboxylic acids is 1. The van der Waals surface area contributed by atoms with Crippen molar-refractivity contribution in [1.82, 2.24) is 0 Å². The molecule has 1 unspecified atom stereocenters. The molecule has 1 rings (SSSR count). The summed E-state index contributed by atoms with van der Waals surface area (Å²) in [5, 5.41) is 9.17. The zero-order valence-electron chi connectivity index (χ0n) is 8.52. The number of ether oxygens (including phenoxy) is 1. The van der Waals surface area contributed by atoms with E-state index in [-0.39, 0.29) is 13.2 Å². The van der Waals surface area contributed by atoms with Crippen molar-refractivity contribution in [3.63, 3.8) is 0 Å². The van der Waals surface area contributed by atoms with Crippen molar-refractivity contribution in [1.29, 1.82) is 0 Å². The molecular weight excluding hydrogens is 319 g/mol. The maximum Gasteiger partial charge on any atom is 0.316 e. The molecule has 0 saturated carbocycles. The quantitative estimate of drug-likeness (QED) is 0.519. The lowest BCUT2D eigenvalue weighted by Gasteiger charge is -2.12. The first-order valence-corrected chi connectivity index (χ1v) is 5.78. The van der Waals surface area contributed by atoms with E-state index in [2.05, 4.69) is 9.85 Å². The second kappa shape index (κ2) is 7.25. The van der Waals surface area contributed by atoms with Gasteiger partial charge in [-0.3, -0.25) is 4.79 Å². The van der Waals surface area contributed by atoms with Gasteiger partial charge in [0.1, 0.15) is 5.92 Å². The third kappa shape index (κ3) is 3.83. The van der Waals surface area contributed by atoms with E-state index in [0.29, 0.717) is 0 Å². The molecule has 0 aliphatic carbocycles. The van der Waals surface area contributed by atoms with Gasteiger partial charge >= 0.3 is 5.97 Å². The fourth-order valence-electron chi connectivity index (χ4n) is 1.24. The van der Waals surface area contributed by atoms with Gasteiger partial charge in [0.05, 0.1) is 6.61 Å². The Balaban J connectivity index is 2.66. The number of rotatable bonds is 4. The summed E-state index contributed by atoms with van der Waals surface area (Å²) in [4.78, 5) is 11.6. The molecule has 0 radical (unpaired) electrons. The van der Waals surface area contributed by atoms with Crippen molar-refractivity contribution in [2.45, 2.75) is 5.92 Å². The number of aliphatic hydroxyl groups is 1. The van der Waals surface area contributed by atoms with Crippen molar-refractivity contribution in [3.8, 4) is 9.85 Å². The monoisotopic (exact) mass is 330 g/mol. The Labute approximate surface area is 108 Å². The average Bonchev–Trinajstić information content (AvgIpc) is 2.32. The Morgan fingerprint density at radius 3 is 2.69 bits per heavy atom. The van der Waals surface area contributed by atoms with E-state index in [0.717, 1.165) is 5.56 Å². The Bertz CT molecular complexity index is 392. The lowest BCUT2D eigenvalue weighted by atomic mass is 10.0. The molecule has 84 valence electrons. The predicted molar refractivity (Wildman–Crippen MR) is 69.0 cm³/mol. The zero-order valence-corrected chi connectivity index (χ0v) is 10.7. The largest absolute Gasteiger partial charge is 0.452 e. The fourth-order valence-corrected chi connectivity index (χ4v) is 1.39. The average molecular weight is 330 g/mol. The van der Waals surface area contributed by atoms with Crippen molar-refractivity contribution in [2.75, 3.05) is 13.2 Å². The molecule has 3 nitrogen and oxygen atoms in total. The molecule has 4 heteroatoms. The summed E-state index contributed by atoms with van der Waals surface area (Å²) in [6, 6.07) is 9.05. The normalized spacial score (nSPS) is 11.1. The smallest absolute Gasteiger partial charge is 0.316 e. The van der Waals surface area contributed by atoms with Crippen molar-refractivity contribution < 1.29 is 14.6 Å². The number of hydrogen-bond acceptors (Lipinski definition) is 3. The van der Waals surface area contributed by atoms with E-state index in [1.165, 1.54) is 0 Å². The Kier molecular flexibility index (Phi) is 5.90. The molecule has 0 bridgehead atoms. The van der Waals surface area contributed by atoms with Crippen LogP contribution in [0.5, 0.6) is 0 Å². The first kappa shape index (κ1) is 13.0. The second-order valence-electron chi connectivity index (χ2n) is 3.02. The summed E-state index contributed by atoms with van der Waals surface area (Å²) in [6.07, 6.45) is 0. The van der Waals surface area contributed by atoms with E-state index in [1.807, 2.05) is 40.8 Å². The van der Waals surface area contributed by atoms with Crippen LogP contribution < -0.4 is 0 Å². The summed E-state index contributed by atoms with van der Waals surface area (Å²) >= 11 is 1.87. The minimum atomic E-state index is -0.628. The van der Waals surface area contributed by atoms with Gasteiger partial charge in [-0.25, -0.2) is 0 Å².